The molecule has 0 saturated carbocycles. The summed E-state index contributed by atoms with van der Waals surface area (Å²) >= 11 is 0. The lowest BCUT2D eigenvalue weighted by molar-refractivity contribution is -0.385. The number of β-amino-alcohol motifs (C(OH)–C–C–N with tert-alkyl or cyclic N) is 4. The van der Waals surface area contributed by atoms with Gasteiger partial charge in [0.25, 0.3) is 28.4 Å². The molecule has 0 bridgehead atoms. The third-order valence-electron chi connectivity index (χ3n) is 12.7. The zero-order chi connectivity index (χ0) is 53.3. The number of non-ortho nitro benzene ring substituents is 5. The molecule has 0 aliphatic carbocycles. The molecule has 75 heavy (non-hydrogen) atoms. The molecule has 10 rings (SSSR count). The van der Waals surface area contributed by atoms with E-state index in [4.69, 9.17) is 0 Å². The number of aliphatic hydroxyl groups is 4. The topological polar surface area (TPSA) is 313 Å². The van der Waals surface area contributed by atoms with Gasteiger partial charge >= 0.3 is 0 Å². The average molecular weight is 1040 g/mol. The molecule has 5 aromatic carbocycles. The van der Waals surface area contributed by atoms with E-state index in [1.54, 1.807) is 70.5 Å². The summed E-state index contributed by atoms with van der Waals surface area (Å²) in [5, 5.41) is 89.7. The minimum atomic E-state index is -0.754. The van der Waals surface area contributed by atoms with Crippen LogP contribution in [0, 0.1) is 50.6 Å². The van der Waals surface area contributed by atoms with Crippen LogP contribution >= 0.6 is 0 Å². The fourth-order valence-corrected chi connectivity index (χ4v) is 8.53. The Morgan fingerprint density at radius 2 is 0.507 bits per heavy atom. The number of rotatable bonds is 10. The van der Waals surface area contributed by atoms with Gasteiger partial charge in [-0.25, -0.2) is 0 Å². The summed E-state index contributed by atoms with van der Waals surface area (Å²) < 4.78 is 0. The highest BCUT2D eigenvalue weighted by atomic mass is 16.6. The van der Waals surface area contributed by atoms with Crippen molar-refractivity contribution in [3.05, 3.63) is 184 Å². The van der Waals surface area contributed by atoms with Crippen LogP contribution in [0.3, 0.4) is 0 Å². The lowest BCUT2D eigenvalue weighted by Gasteiger charge is -2.16. The molecular formula is C51H62N10O14. The molecule has 0 aromatic heterocycles. The maximum absolute atomic E-state index is 10.4. The first kappa shape index (κ1) is 57.6. The van der Waals surface area contributed by atoms with E-state index in [1.807, 2.05) is 24.3 Å². The van der Waals surface area contributed by atoms with Crippen molar-refractivity contribution in [1.82, 2.24) is 0 Å². The Morgan fingerprint density at radius 3 is 0.707 bits per heavy atom. The molecule has 4 atom stereocenters. The van der Waals surface area contributed by atoms with Gasteiger partial charge in [0, 0.05) is 155 Å². The Labute approximate surface area is 432 Å². The van der Waals surface area contributed by atoms with Crippen molar-refractivity contribution in [3.8, 4) is 0 Å². The Hall–Kier alpha value is -8.32. The first-order chi connectivity index (χ1) is 35.5. The van der Waals surface area contributed by atoms with Crippen molar-refractivity contribution in [2.75, 3.05) is 89.9 Å². The van der Waals surface area contributed by atoms with Crippen molar-refractivity contribution < 1.29 is 45.0 Å². The molecule has 4 fully saturated rings. The normalized spacial score (nSPS) is 19.2. The molecule has 4 saturated heterocycles. The van der Waals surface area contributed by atoms with Gasteiger partial charge in [0.05, 0.1) is 49.0 Å². The Morgan fingerprint density at radius 1 is 0.320 bits per heavy atom. The van der Waals surface area contributed by atoms with Gasteiger partial charge in [-0.3, -0.25) is 50.6 Å². The lowest BCUT2D eigenvalue weighted by atomic mass is 10.2. The number of anilines is 5. The number of aliphatic hydroxyl groups excluding tert-OH is 4. The second-order valence-electron chi connectivity index (χ2n) is 17.7. The Balaban J connectivity index is 0.000000173. The molecule has 5 heterocycles. The third kappa shape index (κ3) is 16.6. The van der Waals surface area contributed by atoms with Gasteiger partial charge in [0.2, 0.25) is 0 Å². The standard InChI is InChI=1S/2C10H12N2O4.2C10H12N2O2.C10H10N2O2.CH4/c2*13-9-5-11(6-10(9)14)7-1-3-8(4-2-7)12(15)16;3*13-12(14)10-5-3-9(4-6-10)11-7-1-2-8-11;/h2*1-4,9-10,13-14H,5-6H2;2*3-6H,1-2,7-8H2;1-6H,7-8H2;1H4/t2*9-,10+;;;;. The van der Waals surface area contributed by atoms with E-state index in [2.05, 4.69) is 26.9 Å². The minimum Gasteiger partial charge on any atom is -0.389 e. The fraction of sp³-hybridized carbons (Fsp3) is 0.373. The van der Waals surface area contributed by atoms with E-state index in [-0.39, 0.29) is 50.6 Å². The molecule has 4 N–H and O–H groups in total. The summed E-state index contributed by atoms with van der Waals surface area (Å²) in [6.07, 6.45) is 6.03. The molecule has 0 unspecified atom stereocenters. The monoisotopic (exact) mass is 1040 g/mol. The summed E-state index contributed by atoms with van der Waals surface area (Å²) in [5.41, 5.74) is 5.26. The largest absolute Gasteiger partial charge is 0.389 e. The highest BCUT2D eigenvalue weighted by Gasteiger charge is 2.31. The van der Waals surface area contributed by atoms with E-state index in [0.717, 1.165) is 67.7 Å². The number of hydrogen-bond donors (Lipinski definition) is 4. The molecule has 0 amide bonds. The van der Waals surface area contributed by atoms with Gasteiger partial charge < -0.3 is 44.9 Å². The number of benzene rings is 5. The quantitative estimate of drug-likeness (QED) is 0.0607. The van der Waals surface area contributed by atoms with Crippen molar-refractivity contribution in [2.45, 2.75) is 57.5 Å². The summed E-state index contributed by atoms with van der Waals surface area (Å²) in [6.45, 7) is 7.43. The molecule has 5 aliphatic heterocycles. The predicted molar refractivity (Wildman–Crippen MR) is 285 cm³/mol. The second-order valence-corrected chi connectivity index (χ2v) is 17.7. The van der Waals surface area contributed by atoms with E-state index in [9.17, 15) is 71.0 Å². The summed E-state index contributed by atoms with van der Waals surface area (Å²) in [5.74, 6) is 0. The van der Waals surface area contributed by atoms with E-state index >= 15 is 0 Å². The molecule has 0 radical (unpaired) electrons. The number of nitrogens with zero attached hydrogens (tertiary/aromatic N) is 10. The van der Waals surface area contributed by atoms with Crippen LogP contribution in [0.5, 0.6) is 0 Å². The predicted octanol–water partition coefficient (Wildman–Crippen LogP) is 7.27. The average Bonchev–Trinajstić information content (AvgIpc) is 4.29. The van der Waals surface area contributed by atoms with Crippen LogP contribution < -0.4 is 24.5 Å². The molecule has 0 spiro atoms. The maximum Gasteiger partial charge on any atom is 0.269 e. The Kier molecular flexibility index (Phi) is 21.2. The smallest absolute Gasteiger partial charge is 0.269 e. The van der Waals surface area contributed by atoms with Crippen LogP contribution in [0.1, 0.15) is 33.1 Å². The van der Waals surface area contributed by atoms with Crippen molar-refractivity contribution in [3.63, 3.8) is 0 Å². The Bertz CT molecular complexity index is 2420. The molecule has 400 valence electrons. The number of hydrogen-bond acceptors (Lipinski definition) is 19. The highest BCUT2D eigenvalue weighted by Crippen LogP contribution is 2.27. The van der Waals surface area contributed by atoms with Crippen LogP contribution in [0.15, 0.2) is 133 Å². The second kappa shape index (κ2) is 27.7. The van der Waals surface area contributed by atoms with Gasteiger partial charge in [0.1, 0.15) is 0 Å². The molecule has 5 aliphatic rings. The maximum atomic E-state index is 10.4. The summed E-state index contributed by atoms with van der Waals surface area (Å²) in [7, 11) is 0. The lowest BCUT2D eigenvalue weighted by Crippen LogP contribution is -2.22. The van der Waals surface area contributed by atoms with Crippen LogP contribution in [-0.2, 0) is 0 Å². The van der Waals surface area contributed by atoms with Gasteiger partial charge in [-0.1, -0.05) is 19.6 Å². The number of nitro benzene ring substituents is 5. The first-order valence-electron chi connectivity index (χ1n) is 23.8. The molecule has 5 aromatic rings. The van der Waals surface area contributed by atoms with Crippen LogP contribution in [0.2, 0.25) is 0 Å². The van der Waals surface area contributed by atoms with Crippen molar-refractivity contribution in [2.24, 2.45) is 0 Å². The zero-order valence-corrected chi connectivity index (χ0v) is 40.3. The first-order valence-corrected chi connectivity index (χ1v) is 23.8. The van der Waals surface area contributed by atoms with Crippen molar-refractivity contribution in [1.29, 1.82) is 0 Å². The molecule has 24 nitrogen and oxygen atoms in total. The van der Waals surface area contributed by atoms with Gasteiger partial charge in [-0.05, 0) is 86.3 Å². The van der Waals surface area contributed by atoms with E-state index in [1.165, 1.54) is 62.1 Å². The highest BCUT2D eigenvalue weighted by molar-refractivity contribution is 5.55. The van der Waals surface area contributed by atoms with Gasteiger partial charge in [-0.2, -0.15) is 0 Å². The zero-order valence-electron chi connectivity index (χ0n) is 40.3. The van der Waals surface area contributed by atoms with Crippen molar-refractivity contribution >= 4 is 56.9 Å². The summed E-state index contributed by atoms with van der Waals surface area (Å²) in [4.78, 5) is 60.4. The summed E-state index contributed by atoms with van der Waals surface area (Å²) in [6, 6.07) is 32.3. The number of nitro groups is 5. The van der Waals surface area contributed by atoms with E-state index in [0.29, 0.717) is 26.2 Å². The fourth-order valence-electron chi connectivity index (χ4n) is 8.53. The molecular weight excluding hydrogens is 977 g/mol. The minimum absolute atomic E-state index is 0. The van der Waals surface area contributed by atoms with E-state index < -0.39 is 34.3 Å². The molecule has 24 heteroatoms. The van der Waals surface area contributed by atoms with Gasteiger partial charge in [0.15, 0.2) is 0 Å². The third-order valence-corrected chi connectivity index (χ3v) is 12.7. The van der Waals surface area contributed by atoms with Crippen LogP contribution in [-0.4, -0.2) is 135 Å². The van der Waals surface area contributed by atoms with Crippen LogP contribution in [0.4, 0.5) is 56.9 Å². The SMILES string of the molecule is C.O=[N+]([O-])c1ccc(N2CC=CC2)cc1.O=[N+]([O-])c1ccc(N2CCCC2)cc1.O=[N+]([O-])c1ccc(N2CCCC2)cc1.O=[N+]([O-])c1ccc(N2C[C@@H](O)[C@@H](O)C2)cc1.O=[N+]([O-])c1ccc(N2C[C@@H](O)[C@@H](O)C2)cc1. The van der Waals surface area contributed by atoms with Gasteiger partial charge in [-0.15, -0.1) is 0 Å². The van der Waals surface area contributed by atoms with Crippen LogP contribution in [0.25, 0.3) is 0 Å².